The summed E-state index contributed by atoms with van der Waals surface area (Å²) in [7, 11) is 3.32. The molecule has 3 heterocycles. The first-order valence-corrected chi connectivity index (χ1v) is 12.2. The quantitative estimate of drug-likeness (QED) is 0.374. The fourth-order valence-corrected chi connectivity index (χ4v) is 5.09. The van der Waals surface area contributed by atoms with Gasteiger partial charge < -0.3 is 24.3 Å². The van der Waals surface area contributed by atoms with Crippen LogP contribution in [0.1, 0.15) is 41.3 Å². The van der Waals surface area contributed by atoms with Crippen molar-refractivity contribution in [1.82, 2.24) is 14.8 Å². The van der Waals surface area contributed by atoms with Crippen LogP contribution in [0.15, 0.2) is 72.6 Å². The molecule has 0 spiro atoms. The lowest BCUT2D eigenvalue weighted by Crippen LogP contribution is -2.32. The number of nitrogens with zero attached hydrogens (tertiary/aromatic N) is 3. The van der Waals surface area contributed by atoms with Gasteiger partial charge in [0.05, 0.1) is 26.5 Å². The maximum atomic E-state index is 6.72. The van der Waals surface area contributed by atoms with Gasteiger partial charge in [-0.15, -0.1) is 0 Å². The first-order valence-electron chi connectivity index (χ1n) is 12.2. The van der Waals surface area contributed by atoms with Crippen molar-refractivity contribution in [1.29, 1.82) is 0 Å². The molecule has 4 aromatic rings. The fraction of sp³-hybridized carbons (Fsp3) is 0.241. The molecule has 37 heavy (non-hydrogen) atoms. The Labute approximate surface area is 215 Å². The lowest BCUT2D eigenvalue weighted by Gasteiger charge is -2.39. The molecule has 188 valence electrons. The van der Waals surface area contributed by atoms with Gasteiger partial charge in [-0.3, -0.25) is 0 Å². The number of aromatic nitrogens is 3. The Morgan fingerprint density at radius 2 is 1.76 bits per heavy atom. The van der Waals surface area contributed by atoms with Crippen LogP contribution in [-0.2, 0) is 0 Å². The Morgan fingerprint density at radius 3 is 2.51 bits per heavy atom. The van der Waals surface area contributed by atoms with Gasteiger partial charge >= 0.3 is 0 Å². The third kappa shape index (κ3) is 3.85. The minimum atomic E-state index is -0.372. The fourth-order valence-electron chi connectivity index (χ4n) is 5.09. The smallest absolute Gasteiger partial charge is 0.226 e. The highest BCUT2D eigenvalue weighted by atomic mass is 16.5. The molecule has 0 amide bonds. The van der Waals surface area contributed by atoms with E-state index in [4.69, 9.17) is 18.9 Å². The van der Waals surface area contributed by atoms with Gasteiger partial charge in [0.1, 0.15) is 30.0 Å². The third-order valence-corrected chi connectivity index (χ3v) is 6.79. The third-order valence-electron chi connectivity index (χ3n) is 6.79. The van der Waals surface area contributed by atoms with Crippen molar-refractivity contribution >= 4 is 11.6 Å². The molecule has 0 unspecified atom stereocenters. The average molecular weight is 497 g/mol. The molecule has 2 aliphatic rings. The van der Waals surface area contributed by atoms with E-state index >= 15 is 0 Å². The predicted octanol–water partition coefficient (Wildman–Crippen LogP) is 5.56. The van der Waals surface area contributed by atoms with Crippen LogP contribution in [0.2, 0.25) is 0 Å². The number of fused-ring (bicyclic) bond motifs is 3. The molecule has 8 nitrogen and oxygen atoms in total. The van der Waals surface area contributed by atoms with Gasteiger partial charge in [-0.1, -0.05) is 29.8 Å². The minimum absolute atomic E-state index is 0.293. The van der Waals surface area contributed by atoms with Crippen LogP contribution in [0.25, 0.3) is 5.70 Å². The summed E-state index contributed by atoms with van der Waals surface area (Å²) in [6.07, 6.45) is 1.20. The molecule has 6 rings (SSSR count). The molecular weight excluding hydrogens is 468 g/mol. The minimum Gasteiger partial charge on any atom is -0.497 e. The second-order valence-corrected chi connectivity index (χ2v) is 9.00. The van der Waals surface area contributed by atoms with Gasteiger partial charge in [0.15, 0.2) is 11.5 Å². The zero-order valence-electron chi connectivity index (χ0n) is 21.2. The van der Waals surface area contributed by atoms with Gasteiger partial charge in [0.2, 0.25) is 5.95 Å². The predicted molar refractivity (Wildman–Crippen MR) is 140 cm³/mol. The number of nitrogens with one attached hydrogen (secondary N) is 1. The summed E-state index contributed by atoms with van der Waals surface area (Å²) in [4.78, 5) is 4.52. The van der Waals surface area contributed by atoms with E-state index in [1.54, 1.807) is 20.5 Å². The number of anilines is 1. The molecule has 1 aromatic heterocycles. The maximum Gasteiger partial charge on any atom is 0.226 e. The lowest BCUT2D eigenvalue weighted by molar-refractivity contribution is 0.222. The van der Waals surface area contributed by atoms with E-state index in [-0.39, 0.29) is 12.1 Å². The normalized spacial score (nSPS) is 17.6. The van der Waals surface area contributed by atoms with E-state index in [9.17, 15) is 0 Å². The van der Waals surface area contributed by atoms with Gasteiger partial charge in [-0.25, -0.2) is 4.68 Å². The lowest BCUT2D eigenvalue weighted by atomic mass is 9.84. The zero-order valence-corrected chi connectivity index (χ0v) is 21.2. The Balaban J connectivity index is 1.59. The van der Waals surface area contributed by atoms with Crippen LogP contribution in [-0.4, -0.2) is 35.6 Å². The van der Waals surface area contributed by atoms with Crippen molar-refractivity contribution in [2.45, 2.75) is 26.0 Å². The molecule has 2 atom stereocenters. The van der Waals surface area contributed by atoms with Crippen molar-refractivity contribution in [3.63, 3.8) is 0 Å². The van der Waals surface area contributed by atoms with E-state index in [0.717, 1.165) is 45.0 Å². The van der Waals surface area contributed by atoms with E-state index in [0.29, 0.717) is 24.1 Å². The number of ether oxygens (including phenoxy) is 4. The molecule has 2 aliphatic heterocycles. The SMILES string of the molecule is CCOc1ccc([C@H]2C3=C(Nc4ncnn42)c2cc(C)ccc2O[C@H]3c2ccc(OC)cc2)cc1OC. The van der Waals surface area contributed by atoms with Crippen molar-refractivity contribution in [3.05, 3.63) is 94.8 Å². The van der Waals surface area contributed by atoms with E-state index in [1.807, 2.05) is 54.1 Å². The van der Waals surface area contributed by atoms with Crippen LogP contribution < -0.4 is 24.3 Å². The van der Waals surface area contributed by atoms with Crippen molar-refractivity contribution < 1.29 is 18.9 Å². The summed E-state index contributed by atoms with van der Waals surface area (Å²) in [5, 5.41) is 8.16. The zero-order chi connectivity index (χ0) is 25.5. The topological polar surface area (TPSA) is 79.7 Å². The molecule has 0 fully saturated rings. The molecular formula is C29H28N4O4. The van der Waals surface area contributed by atoms with Crippen LogP contribution in [0.3, 0.4) is 0 Å². The number of aryl methyl sites for hydroxylation is 1. The highest BCUT2D eigenvalue weighted by Crippen LogP contribution is 2.51. The summed E-state index contributed by atoms with van der Waals surface area (Å²) in [5.74, 6) is 3.63. The van der Waals surface area contributed by atoms with E-state index < -0.39 is 0 Å². The Kier molecular flexibility index (Phi) is 5.71. The Bertz CT molecular complexity index is 1490. The Hall–Kier alpha value is -4.46. The number of benzene rings is 3. The van der Waals surface area contributed by atoms with Gasteiger partial charge in [0, 0.05) is 11.1 Å². The number of hydrogen-bond donors (Lipinski definition) is 1. The van der Waals surface area contributed by atoms with Crippen molar-refractivity contribution in [2.75, 3.05) is 26.1 Å². The summed E-state index contributed by atoms with van der Waals surface area (Å²) in [5.41, 5.74) is 6.14. The average Bonchev–Trinajstić information content (AvgIpc) is 3.40. The molecule has 0 bridgehead atoms. The van der Waals surface area contributed by atoms with Crippen LogP contribution >= 0.6 is 0 Å². The number of hydrogen-bond acceptors (Lipinski definition) is 7. The van der Waals surface area contributed by atoms with Crippen molar-refractivity contribution in [2.24, 2.45) is 0 Å². The van der Waals surface area contributed by atoms with Crippen LogP contribution in [0.5, 0.6) is 23.0 Å². The molecule has 3 aromatic carbocycles. The molecule has 0 radical (unpaired) electrons. The standard InChI is InChI=1S/C29H28N4O4/c1-5-36-23-13-9-19(15-24(23)35-4)27-25-26(32-29-30-16-31-33(27)29)21-14-17(2)6-12-22(21)37-28(25)18-7-10-20(34-3)11-8-18/h6-16,27-28H,5H2,1-4H3,(H,30,31,32)/t27-,28-/m0/s1. The van der Waals surface area contributed by atoms with Gasteiger partial charge in [-0.2, -0.15) is 10.1 Å². The molecule has 0 aliphatic carbocycles. The number of rotatable bonds is 6. The first-order chi connectivity index (χ1) is 18.1. The summed E-state index contributed by atoms with van der Waals surface area (Å²) >= 11 is 0. The number of methoxy groups -OCH3 is 2. The molecule has 1 N–H and O–H groups in total. The molecule has 0 saturated carbocycles. The van der Waals surface area contributed by atoms with Crippen LogP contribution in [0.4, 0.5) is 5.95 Å². The second-order valence-electron chi connectivity index (χ2n) is 9.00. The summed E-state index contributed by atoms with van der Waals surface area (Å²) in [6.45, 7) is 4.59. The molecule has 0 saturated heterocycles. The first kappa shape index (κ1) is 23.0. The largest absolute Gasteiger partial charge is 0.497 e. The van der Waals surface area contributed by atoms with Gasteiger partial charge in [0.25, 0.3) is 0 Å². The highest BCUT2D eigenvalue weighted by Gasteiger charge is 2.41. The van der Waals surface area contributed by atoms with E-state index in [1.165, 1.54) is 0 Å². The maximum absolute atomic E-state index is 6.72. The Morgan fingerprint density at radius 1 is 0.946 bits per heavy atom. The van der Waals surface area contributed by atoms with Crippen molar-refractivity contribution in [3.8, 4) is 23.0 Å². The van der Waals surface area contributed by atoms with E-state index in [2.05, 4.69) is 40.5 Å². The monoisotopic (exact) mass is 496 g/mol. The van der Waals surface area contributed by atoms with Gasteiger partial charge in [-0.05, 0) is 61.4 Å². The van der Waals surface area contributed by atoms with Crippen LogP contribution in [0, 0.1) is 6.92 Å². The second kappa shape index (κ2) is 9.20. The molecule has 8 heteroatoms. The summed E-state index contributed by atoms with van der Waals surface area (Å²) in [6, 6.07) is 19.9. The highest BCUT2D eigenvalue weighted by molar-refractivity contribution is 5.85. The summed E-state index contributed by atoms with van der Waals surface area (Å²) < 4.78 is 25.5.